The SMILES string of the molecule is O=C(O)NC1CCc2nc(NC(=O)C(F)(F)F)sc2C1. The molecule has 1 heterocycles. The van der Waals surface area contributed by atoms with E-state index in [2.05, 4.69) is 10.3 Å². The zero-order chi connectivity index (χ0) is 14.9. The molecule has 0 bridgehead atoms. The van der Waals surface area contributed by atoms with Crippen molar-refractivity contribution >= 4 is 28.5 Å². The molecule has 2 rings (SSSR count). The van der Waals surface area contributed by atoms with Gasteiger partial charge < -0.3 is 10.4 Å². The largest absolute Gasteiger partial charge is 0.471 e. The number of hydrogen-bond acceptors (Lipinski definition) is 4. The number of nitrogens with zero attached hydrogens (tertiary/aromatic N) is 1. The van der Waals surface area contributed by atoms with E-state index in [0.717, 1.165) is 11.3 Å². The Bertz CT molecular complexity index is 544. The first-order valence-corrected chi connectivity index (χ1v) is 6.43. The molecule has 1 unspecified atom stereocenters. The lowest BCUT2D eigenvalue weighted by atomic mass is 9.98. The number of halogens is 3. The van der Waals surface area contributed by atoms with Crippen molar-refractivity contribution in [2.45, 2.75) is 31.5 Å². The van der Waals surface area contributed by atoms with Crippen molar-refractivity contribution in [3.05, 3.63) is 10.6 Å². The molecule has 110 valence electrons. The molecule has 1 aliphatic rings. The molecule has 0 saturated heterocycles. The van der Waals surface area contributed by atoms with Gasteiger partial charge in [0.1, 0.15) is 0 Å². The van der Waals surface area contributed by atoms with Gasteiger partial charge in [0.2, 0.25) is 0 Å². The van der Waals surface area contributed by atoms with Crippen molar-refractivity contribution < 1.29 is 27.9 Å². The van der Waals surface area contributed by atoms with Crippen LogP contribution in [0.3, 0.4) is 0 Å². The summed E-state index contributed by atoms with van der Waals surface area (Å²) in [5, 5.41) is 12.5. The summed E-state index contributed by atoms with van der Waals surface area (Å²) in [6, 6.07) is -0.286. The third kappa shape index (κ3) is 3.38. The van der Waals surface area contributed by atoms with Crippen molar-refractivity contribution in [3.63, 3.8) is 0 Å². The van der Waals surface area contributed by atoms with Gasteiger partial charge in [0.15, 0.2) is 5.13 Å². The molecule has 0 aromatic carbocycles. The maximum absolute atomic E-state index is 12.1. The number of aromatic nitrogens is 1. The van der Waals surface area contributed by atoms with E-state index >= 15 is 0 Å². The molecule has 0 spiro atoms. The molecule has 0 fully saturated rings. The van der Waals surface area contributed by atoms with Crippen LogP contribution < -0.4 is 10.6 Å². The van der Waals surface area contributed by atoms with Gasteiger partial charge in [-0.1, -0.05) is 0 Å². The van der Waals surface area contributed by atoms with E-state index in [1.165, 1.54) is 0 Å². The van der Waals surface area contributed by atoms with Gasteiger partial charge in [-0.3, -0.25) is 10.1 Å². The molecule has 0 radical (unpaired) electrons. The van der Waals surface area contributed by atoms with Crippen LogP contribution in [-0.2, 0) is 17.6 Å². The highest BCUT2D eigenvalue weighted by Gasteiger charge is 2.39. The Morgan fingerprint density at radius 1 is 1.40 bits per heavy atom. The number of rotatable bonds is 2. The number of aryl methyl sites for hydroxylation is 1. The van der Waals surface area contributed by atoms with Crippen LogP contribution in [0.4, 0.5) is 23.1 Å². The zero-order valence-corrected chi connectivity index (χ0v) is 10.8. The van der Waals surface area contributed by atoms with Crippen molar-refractivity contribution in [2.24, 2.45) is 0 Å². The Morgan fingerprint density at radius 2 is 2.10 bits per heavy atom. The highest BCUT2D eigenvalue weighted by atomic mass is 32.1. The first-order chi connectivity index (χ1) is 9.25. The summed E-state index contributed by atoms with van der Waals surface area (Å²) in [5.41, 5.74) is 0.607. The highest BCUT2D eigenvalue weighted by molar-refractivity contribution is 7.15. The van der Waals surface area contributed by atoms with E-state index in [-0.39, 0.29) is 11.2 Å². The molecule has 2 amide bonds. The fourth-order valence-electron chi connectivity index (χ4n) is 1.89. The number of thiazole rings is 1. The summed E-state index contributed by atoms with van der Waals surface area (Å²) in [4.78, 5) is 25.9. The van der Waals surface area contributed by atoms with Gasteiger partial charge in [-0.05, 0) is 12.8 Å². The van der Waals surface area contributed by atoms with Crippen LogP contribution >= 0.6 is 11.3 Å². The molecule has 10 heteroatoms. The molecule has 6 nitrogen and oxygen atoms in total. The zero-order valence-electron chi connectivity index (χ0n) is 9.95. The molecule has 20 heavy (non-hydrogen) atoms. The van der Waals surface area contributed by atoms with Crippen LogP contribution in [0.1, 0.15) is 17.0 Å². The average Bonchev–Trinajstić information content (AvgIpc) is 2.68. The Kier molecular flexibility index (Phi) is 3.84. The van der Waals surface area contributed by atoms with Gasteiger partial charge in [0.05, 0.1) is 5.69 Å². The van der Waals surface area contributed by atoms with Crippen LogP contribution in [-0.4, -0.2) is 34.3 Å². The molecule has 3 N–H and O–H groups in total. The summed E-state index contributed by atoms with van der Waals surface area (Å²) in [6.07, 6.45) is -4.76. The first-order valence-electron chi connectivity index (χ1n) is 5.62. The maximum atomic E-state index is 12.1. The van der Waals surface area contributed by atoms with E-state index in [0.29, 0.717) is 29.8 Å². The number of anilines is 1. The lowest BCUT2D eigenvalue weighted by Gasteiger charge is -2.20. The van der Waals surface area contributed by atoms with Crippen LogP contribution in [0.5, 0.6) is 0 Å². The smallest absolute Gasteiger partial charge is 0.465 e. The number of carboxylic acid groups (broad SMARTS) is 1. The Balaban J connectivity index is 2.05. The van der Waals surface area contributed by atoms with E-state index in [1.54, 1.807) is 5.32 Å². The number of alkyl halides is 3. The fraction of sp³-hybridized carbons (Fsp3) is 0.500. The normalized spacial score (nSPS) is 18.2. The second-order valence-electron chi connectivity index (χ2n) is 4.23. The Morgan fingerprint density at radius 3 is 2.70 bits per heavy atom. The molecule has 0 aliphatic heterocycles. The van der Waals surface area contributed by atoms with Gasteiger partial charge in [-0.15, -0.1) is 11.3 Å². The van der Waals surface area contributed by atoms with Crippen molar-refractivity contribution in [3.8, 4) is 0 Å². The van der Waals surface area contributed by atoms with Crippen LogP contribution in [0, 0.1) is 0 Å². The minimum Gasteiger partial charge on any atom is -0.465 e. The molecule has 1 aromatic rings. The Labute approximate surface area is 115 Å². The van der Waals surface area contributed by atoms with Crippen LogP contribution in [0.2, 0.25) is 0 Å². The lowest BCUT2D eigenvalue weighted by molar-refractivity contribution is -0.167. The number of fused-ring (bicyclic) bond motifs is 1. The first kappa shape index (κ1) is 14.6. The monoisotopic (exact) mass is 309 g/mol. The number of amides is 2. The topological polar surface area (TPSA) is 91.3 Å². The molecule has 1 aliphatic carbocycles. The molecule has 1 aromatic heterocycles. The maximum Gasteiger partial charge on any atom is 0.471 e. The summed E-state index contributed by atoms with van der Waals surface area (Å²) >= 11 is 0.935. The second-order valence-corrected chi connectivity index (χ2v) is 5.31. The predicted molar refractivity (Wildman–Crippen MR) is 63.8 cm³/mol. The molecular formula is C10H10F3N3O3S. The average molecular weight is 309 g/mol. The Hall–Kier alpha value is -1.84. The predicted octanol–water partition coefficient (Wildman–Crippen LogP) is 1.77. The fourth-order valence-corrected chi connectivity index (χ4v) is 2.98. The van der Waals surface area contributed by atoms with E-state index < -0.39 is 18.2 Å². The number of nitrogens with one attached hydrogen (secondary N) is 2. The molecule has 0 saturated carbocycles. The number of carbonyl (C=O) groups excluding carboxylic acids is 1. The van der Waals surface area contributed by atoms with Gasteiger partial charge >= 0.3 is 18.2 Å². The van der Waals surface area contributed by atoms with Gasteiger partial charge in [-0.25, -0.2) is 9.78 Å². The van der Waals surface area contributed by atoms with Crippen molar-refractivity contribution in [1.82, 2.24) is 10.3 Å². The third-order valence-electron chi connectivity index (χ3n) is 2.75. The summed E-state index contributed by atoms with van der Waals surface area (Å²) in [5.74, 6) is -2.07. The number of carbonyl (C=O) groups is 2. The minimum absolute atomic E-state index is 0.117. The van der Waals surface area contributed by atoms with Gasteiger partial charge in [-0.2, -0.15) is 13.2 Å². The quantitative estimate of drug-likeness (QED) is 0.776. The van der Waals surface area contributed by atoms with Crippen LogP contribution in [0.15, 0.2) is 0 Å². The number of hydrogen-bond donors (Lipinski definition) is 3. The standard InChI is InChI=1S/C10H10F3N3O3S/c11-10(12,13)7(17)16-8-15-5-2-1-4(14-9(18)19)3-6(5)20-8/h4,14H,1-3H2,(H,18,19)(H,15,16,17). The lowest BCUT2D eigenvalue weighted by Crippen LogP contribution is -2.37. The molecule has 1 atom stereocenters. The van der Waals surface area contributed by atoms with Crippen molar-refractivity contribution in [2.75, 3.05) is 5.32 Å². The highest BCUT2D eigenvalue weighted by Crippen LogP contribution is 2.30. The van der Waals surface area contributed by atoms with E-state index in [1.807, 2.05) is 0 Å². The third-order valence-corrected chi connectivity index (χ3v) is 3.78. The van der Waals surface area contributed by atoms with E-state index in [4.69, 9.17) is 5.11 Å². The summed E-state index contributed by atoms with van der Waals surface area (Å²) in [7, 11) is 0. The minimum atomic E-state index is -4.96. The van der Waals surface area contributed by atoms with Crippen LogP contribution in [0.25, 0.3) is 0 Å². The summed E-state index contributed by atoms with van der Waals surface area (Å²) in [6.45, 7) is 0. The van der Waals surface area contributed by atoms with E-state index in [9.17, 15) is 22.8 Å². The second kappa shape index (κ2) is 5.27. The van der Waals surface area contributed by atoms with Gasteiger partial charge in [0.25, 0.3) is 0 Å². The molecular weight excluding hydrogens is 299 g/mol. The van der Waals surface area contributed by atoms with Gasteiger partial charge in [0, 0.05) is 17.3 Å². The summed E-state index contributed by atoms with van der Waals surface area (Å²) < 4.78 is 36.3. The van der Waals surface area contributed by atoms with Crippen molar-refractivity contribution in [1.29, 1.82) is 0 Å².